The predicted molar refractivity (Wildman–Crippen MR) is 144 cm³/mol. The molecule has 0 fully saturated rings. The first-order valence-corrected chi connectivity index (χ1v) is 11.9. The minimum atomic E-state index is -1.03. The summed E-state index contributed by atoms with van der Waals surface area (Å²) in [5.41, 5.74) is 14.0. The van der Waals surface area contributed by atoms with Crippen molar-refractivity contribution in [2.45, 2.75) is 60.2 Å². The Bertz CT molecular complexity index is 1510. The Morgan fingerprint density at radius 3 is 2.51 bits per heavy atom. The van der Waals surface area contributed by atoms with E-state index in [-0.39, 0.29) is 19.3 Å². The zero-order chi connectivity index (χ0) is 24.2. The van der Waals surface area contributed by atoms with Crippen molar-refractivity contribution in [2.75, 3.05) is 0 Å². The molecule has 1 aliphatic rings. The summed E-state index contributed by atoms with van der Waals surface area (Å²) >= 11 is 0. The number of carbonyl (C=O) groups is 1. The van der Waals surface area contributed by atoms with E-state index in [4.69, 9.17) is 5.73 Å². The molecule has 5 heteroatoms. The van der Waals surface area contributed by atoms with Gasteiger partial charge in [0.15, 0.2) is 0 Å². The van der Waals surface area contributed by atoms with Crippen molar-refractivity contribution >= 4 is 27.7 Å². The zero-order valence-electron chi connectivity index (χ0n) is 20.2. The van der Waals surface area contributed by atoms with Crippen LogP contribution in [0.1, 0.15) is 54.7 Å². The first kappa shape index (κ1) is 24.5. The van der Waals surface area contributed by atoms with Crippen LogP contribution in [0.2, 0.25) is 0 Å². The van der Waals surface area contributed by atoms with Gasteiger partial charge in [0, 0.05) is 22.8 Å². The number of para-hydroxylation sites is 1. The molecule has 0 bridgehead atoms. The number of nitrogens with two attached hydrogens (primary N) is 1. The van der Waals surface area contributed by atoms with Gasteiger partial charge in [-0.1, -0.05) is 70.2 Å². The van der Waals surface area contributed by atoms with Crippen molar-refractivity contribution in [2.24, 2.45) is 11.7 Å². The monoisotopic (exact) mass is 466 g/mol. The Morgan fingerprint density at radius 2 is 1.83 bits per heavy atom. The van der Waals surface area contributed by atoms with E-state index >= 15 is 0 Å². The highest BCUT2D eigenvalue weighted by atomic mass is 16.1. The van der Waals surface area contributed by atoms with Crippen LogP contribution < -0.4 is 11.1 Å². The lowest BCUT2D eigenvalue weighted by molar-refractivity contribution is 0.0967. The summed E-state index contributed by atoms with van der Waals surface area (Å²) in [5, 5.41) is 15.2. The molecule has 0 spiro atoms. The van der Waals surface area contributed by atoms with Gasteiger partial charge in [-0.15, -0.1) is 0 Å². The Hall–Kier alpha value is -3.62. The van der Waals surface area contributed by atoms with E-state index in [0.29, 0.717) is 13.1 Å². The molecule has 1 aromatic heterocycles. The first-order chi connectivity index (χ1) is 16.3. The summed E-state index contributed by atoms with van der Waals surface area (Å²) in [6, 6.07) is 18.9. The molecule has 0 saturated heterocycles. The Morgan fingerprint density at radius 1 is 1.14 bits per heavy atom. The maximum absolute atomic E-state index is 13.2. The van der Waals surface area contributed by atoms with Crippen LogP contribution in [0.25, 0.3) is 32.9 Å². The van der Waals surface area contributed by atoms with Gasteiger partial charge < -0.3 is 15.6 Å². The number of nitrogens with one attached hydrogen (secondary N) is 1. The van der Waals surface area contributed by atoms with E-state index < -0.39 is 5.54 Å². The van der Waals surface area contributed by atoms with Crippen LogP contribution in [0, 0.1) is 31.1 Å². The van der Waals surface area contributed by atoms with E-state index in [0.717, 1.165) is 56.0 Å². The Labute approximate surface area is 207 Å². The molecule has 180 valence electrons. The Kier molecular flexibility index (Phi) is 6.21. The van der Waals surface area contributed by atoms with Crippen molar-refractivity contribution in [3.05, 3.63) is 70.8 Å². The molecule has 3 N–H and O–H groups in total. The average Bonchev–Trinajstić information content (AvgIpc) is 3.37. The van der Waals surface area contributed by atoms with E-state index in [2.05, 4.69) is 61.0 Å². The number of hydrogen-bond acceptors (Lipinski definition) is 3. The number of nitriles is 1. The Balaban J connectivity index is 0.00000289. The third-order valence-corrected chi connectivity index (χ3v) is 7.74. The average molecular weight is 467 g/mol. The SMILES string of the molecule is C.CCC(C)C(N)(C#N)Cn1c2ccccc2c2c3c(c(-c4ccccc4C)c(C)c21)CNC3=O. The lowest BCUT2D eigenvalue weighted by Crippen LogP contribution is -2.48. The summed E-state index contributed by atoms with van der Waals surface area (Å²) in [7, 11) is 0. The first-order valence-electron chi connectivity index (χ1n) is 11.9. The van der Waals surface area contributed by atoms with E-state index in [1.165, 1.54) is 5.56 Å². The summed E-state index contributed by atoms with van der Waals surface area (Å²) in [6.45, 7) is 9.21. The largest absolute Gasteiger partial charge is 0.348 e. The molecule has 2 atom stereocenters. The van der Waals surface area contributed by atoms with Crippen molar-refractivity contribution in [1.29, 1.82) is 5.26 Å². The molecule has 5 rings (SSSR count). The van der Waals surface area contributed by atoms with E-state index in [1.807, 2.05) is 31.2 Å². The molecule has 0 saturated carbocycles. The van der Waals surface area contributed by atoms with Gasteiger partial charge in [0.2, 0.25) is 0 Å². The van der Waals surface area contributed by atoms with Crippen LogP contribution in [0.4, 0.5) is 0 Å². The predicted octanol–water partition coefficient (Wildman–Crippen LogP) is 6.23. The molecular weight excluding hydrogens is 432 g/mol. The van der Waals surface area contributed by atoms with Crippen molar-refractivity contribution in [1.82, 2.24) is 9.88 Å². The lowest BCUT2D eigenvalue weighted by atomic mass is 9.85. The van der Waals surface area contributed by atoms with Crippen LogP contribution in [-0.2, 0) is 13.1 Å². The van der Waals surface area contributed by atoms with Gasteiger partial charge in [-0.3, -0.25) is 4.79 Å². The summed E-state index contributed by atoms with van der Waals surface area (Å²) in [6.07, 6.45) is 0.812. The summed E-state index contributed by atoms with van der Waals surface area (Å²) in [5.74, 6) is -0.0264. The summed E-state index contributed by atoms with van der Waals surface area (Å²) < 4.78 is 2.18. The fraction of sp³-hybridized carbons (Fsp3) is 0.333. The topological polar surface area (TPSA) is 83.8 Å². The molecule has 4 aromatic rings. The summed E-state index contributed by atoms with van der Waals surface area (Å²) in [4.78, 5) is 13.2. The van der Waals surface area contributed by atoms with Crippen LogP contribution in [0.5, 0.6) is 0 Å². The van der Waals surface area contributed by atoms with Gasteiger partial charge in [0.1, 0.15) is 5.54 Å². The second kappa shape index (κ2) is 8.87. The van der Waals surface area contributed by atoms with E-state index in [1.54, 1.807) is 0 Å². The number of fused-ring (bicyclic) bond motifs is 5. The van der Waals surface area contributed by atoms with Gasteiger partial charge in [-0.25, -0.2) is 0 Å². The molecule has 3 aromatic carbocycles. The molecule has 1 aliphatic heterocycles. The van der Waals surface area contributed by atoms with Crippen LogP contribution >= 0.6 is 0 Å². The zero-order valence-corrected chi connectivity index (χ0v) is 20.2. The van der Waals surface area contributed by atoms with Gasteiger partial charge in [0.05, 0.1) is 23.7 Å². The normalized spacial score (nSPS) is 15.3. The van der Waals surface area contributed by atoms with Crippen LogP contribution in [0.15, 0.2) is 48.5 Å². The minimum Gasteiger partial charge on any atom is -0.348 e. The molecule has 1 amide bonds. The van der Waals surface area contributed by atoms with Crippen LogP contribution in [0.3, 0.4) is 0 Å². The standard InChI is InChI=1S/C29H30N4O.CH4/c1-5-18(3)29(31,15-30)16-33-23-13-9-8-12-21(23)25-26-22(14-32-28(26)34)24(19(4)27(25)33)20-11-7-6-10-17(20)2;/h6-13,18H,5,14,16,31H2,1-4H3,(H,32,34);1H4. The van der Waals surface area contributed by atoms with Gasteiger partial charge >= 0.3 is 0 Å². The van der Waals surface area contributed by atoms with Gasteiger partial charge in [0.25, 0.3) is 5.91 Å². The highest BCUT2D eigenvalue weighted by Crippen LogP contribution is 2.44. The quantitative estimate of drug-likeness (QED) is 0.366. The molecule has 2 heterocycles. The number of carbonyl (C=O) groups excluding carboxylic acids is 1. The van der Waals surface area contributed by atoms with Gasteiger partial charge in [-0.05, 0) is 53.6 Å². The number of rotatable bonds is 5. The minimum absolute atomic E-state index is 0. The number of amides is 1. The van der Waals surface area contributed by atoms with Crippen LogP contribution in [-0.4, -0.2) is 16.0 Å². The maximum Gasteiger partial charge on any atom is 0.252 e. The highest BCUT2D eigenvalue weighted by molar-refractivity contribution is 6.22. The molecule has 0 aliphatic carbocycles. The van der Waals surface area contributed by atoms with Crippen molar-refractivity contribution in [3.63, 3.8) is 0 Å². The van der Waals surface area contributed by atoms with Crippen molar-refractivity contribution in [3.8, 4) is 17.2 Å². The van der Waals surface area contributed by atoms with Crippen molar-refractivity contribution < 1.29 is 4.79 Å². The fourth-order valence-electron chi connectivity index (χ4n) is 5.56. The van der Waals surface area contributed by atoms with Gasteiger partial charge in [-0.2, -0.15) is 5.26 Å². The third-order valence-electron chi connectivity index (χ3n) is 7.74. The molecular formula is C30H34N4O. The molecule has 2 unspecified atom stereocenters. The lowest BCUT2D eigenvalue weighted by Gasteiger charge is -2.29. The third kappa shape index (κ3) is 3.52. The second-order valence-electron chi connectivity index (χ2n) is 9.64. The number of hydrogen-bond donors (Lipinski definition) is 2. The van der Waals surface area contributed by atoms with E-state index in [9.17, 15) is 10.1 Å². The fourth-order valence-corrected chi connectivity index (χ4v) is 5.56. The molecule has 5 nitrogen and oxygen atoms in total. The molecule has 0 radical (unpaired) electrons. The number of aryl methyl sites for hydroxylation is 2. The second-order valence-corrected chi connectivity index (χ2v) is 9.64. The smallest absolute Gasteiger partial charge is 0.252 e. The highest BCUT2D eigenvalue weighted by Gasteiger charge is 2.35. The molecule has 35 heavy (non-hydrogen) atoms. The number of aromatic nitrogens is 1. The maximum atomic E-state index is 13.2. The number of nitrogens with zero attached hydrogens (tertiary/aromatic N) is 2. The number of benzene rings is 3.